The highest BCUT2D eigenvalue weighted by Gasteiger charge is 2.12. The molecule has 4 aromatic rings. The second kappa shape index (κ2) is 8.01. The molecule has 0 bridgehead atoms. The first-order valence-electron chi connectivity index (χ1n) is 9.14. The van der Waals surface area contributed by atoms with Crippen LogP contribution in [0.4, 0.5) is 10.2 Å². The lowest BCUT2D eigenvalue weighted by atomic mass is 10.1. The van der Waals surface area contributed by atoms with E-state index in [1.165, 1.54) is 17.7 Å². The Morgan fingerprint density at radius 1 is 0.750 bits per heavy atom. The Kier molecular flexibility index (Phi) is 5.11. The van der Waals surface area contributed by atoms with Crippen molar-refractivity contribution in [3.8, 4) is 22.6 Å². The summed E-state index contributed by atoms with van der Waals surface area (Å²) < 4.78 is 13.4. The van der Waals surface area contributed by atoms with E-state index in [0.29, 0.717) is 5.82 Å². The summed E-state index contributed by atoms with van der Waals surface area (Å²) in [6, 6.07) is 28.5. The van der Waals surface area contributed by atoms with Crippen molar-refractivity contribution in [1.29, 1.82) is 0 Å². The quantitative estimate of drug-likeness (QED) is 0.459. The third-order valence-electron chi connectivity index (χ3n) is 4.54. The van der Waals surface area contributed by atoms with E-state index in [4.69, 9.17) is 9.97 Å². The number of rotatable bonds is 5. The average molecular weight is 369 g/mol. The molecule has 0 saturated heterocycles. The average Bonchev–Trinajstić information content (AvgIpc) is 2.75. The molecule has 0 aliphatic heterocycles. The van der Waals surface area contributed by atoms with Crippen LogP contribution in [0.3, 0.4) is 0 Å². The summed E-state index contributed by atoms with van der Waals surface area (Å²) in [6.07, 6.45) is 0. The fraction of sp³-hybridized carbons (Fsp3) is 0.0833. The number of anilines is 1. The highest BCUT2D eigenvalue weighted by molar-refractivity contribution is 5.67. The van der Waals surface area contributed by atoms with Gasteiger partial charge < -0.3 is 4.90 Å². The van der Waals surface area contributed by atoms with Gasteiger partial charge in [-0.25, -0.2) is 14.4 Å². The van der Waals surface area contributed by atoms with E-state index in [9.17, 15) is 4.39 Å². The molecule has 4 heteroatoms. The Bertz CT molecular complexity index is 1050. The number of benzene rings is 3. The van der Waals surface area contributed by atoms with Crippen molar-refractivity contribution in [2.75, 3.05) is 11.9 Å². The number of aromatic nitrogens is 2. The van der Waals surface area contributed by atoms with Gasteiger partial charge in [0.1, 0.15) is 11.6 Å². The van der Waals surface area contributed by atoms with Crippen molar-refractivity contribution in [1.82, 2.24) is 9.97 Å². The second-order valence-electron chi connectivity index (χ2n) is 6.65. The maximum Gasteiger partial charge on any atom is 0.162 e. The SMILES string of the molecule is CN(Cc1ccccc1)c1cc(-c2ccc(F)cc2)nc(-c2ccccc2)n1. The van der Waals surface area contributed by atoms with Crippen LogP contribution in [0.5, 0.6) is 0 Å². The molecule has 0 spiro atoms. The molecule has 28 heavy (non-hydrogen) atoms. The van der Waals surface area contributed by atoms with Crippen LogP contribution < -0.4 is 4.90 Å². The fourth-order valence-corrected chi connectivity index (χ4v) is 3.05. The van der Waals surface area contributed by atoms with Gasteiger partial charge in [0, 0.05) is 30.8 Å². The molecule has 0 fully saturated rings. The minimum atomic E-state index is -0.262. The van der Waals surface area contributed by atoms with E-state index in [2.05, 4.69) is 17.0 Å². The normalized spacial score (nSPS) is 10.6. The number of hydrogen-bond acceptors (Lipinski definition) is 3. The molecule has 0 radical (unpaired) electrons. The van der Waals surface area contributed by atoms with Crippen molar-refractivity contribution in [2.24, 2.45) is 0 Å². The molecular weight excluding hydrogens is 349 g/mol. The van der Waals surface area contributed by atoms with Crippen LogP contribution in [0.1, 0.15) is 5.56 Å². The largest absolute Gasteiger partial charge is 0.355 e. The van der Waals surface area contributed by atoms with Crippen LogP contribution in [-0.4, -0.2) is 17.0 Å². The predicted octanol–water partition coefficient (Wildman–Crippen LogP) is 5.59. The van der Waals surface area contributed by atoms with Gasteiger partial charge in [-0.15, -0.1) is 0 Å². The fourth-order valence-electron chi connectivity index (χ4n) is 3.05. The van der Waals surface area contributed by atoms with Gasteiger partial charge in [-0.05, 0) is 29.8 Å². The van der Waals surface area contributed by atoms with E-state index in [1.54, 1.807) is 12.1 Å². The maximum absolute atomic E-state index is 13.4. The summed E-state index contributed by atoms with van der Waals surface area (Å²) in [4.78, 5) is 11.6. The van der Waals surface area contributed by atoms with Gasteiger partial charge in [0.25, 0.3) is 0 Å². The molecule has 0 aliphatic rings. The molecule has 4 rings (SSSR count). The molecule has 138 valence electrons. The molecule has 3 nitrogen and oxygen atoms in total. The van der Waals surface area contributed by atoms with Crippen molar-refractivity contribution in [3.63, 3.8) is 0 Å². The van der Waals surface area contributed by atoms with E-state index >= 15 is 0 Å². The third-order valence-corrected chi connectivity index (χ3v) is 4.54. The zero-order valence-electron chi connectivity index (χ0n) is 15.6. The van der Waals surface area contributed by atoms with Crippen molar-refractivity contribution in [2.45, 2.75) is 6.54 Å². The lowest BCUT2D eigenvalue weighted by Crippen LogP contribution is -2.18. The van der Waals surface area contributed by atoms with E-state index in [-0.39, 0.29) is 5.82 Å². The highest BCUT2D eigenvalue weighted by atomic mass is 19.1. The smallest absolute Gasteiger partial charge is 0.162 e. The minimum Gasteiger partial charge on any atom is -0.355 e. The molecular formula is C24H20FN3. The lowest BCUT2D eigenvalue weighted by molar-refractivity contribution is 0.628. The molecule has 0 atom stereocenters. The molecule has 0 unspecified atom stereocenters. The van der Waals surface area contributed by atoms with Crippen LogP contribution in [0, 0.1) is 5.82 Å². The Morgan fingerprint density at radius 3 is 2.07 bits per heavy atom. The first-order valence-corrected chi connectivity index (χ1v) is 9.14. The Balaban J connectivity index is 1.76. The van der Waals surface area contributed by atoms with Gasteiger partial charge in [-0.1, -0.05) is 60.7 Å². The molecule has 0 amide bonds. The Labute approximate surface area is 164 Å². The minimum absolute atomic E-state index is 0.262. The molecule has 0 N–H and O–H groups in total. The Morgan fingerprint density at radius 2 is 1.39 bits per heavy atom. The lowest BCUT2D eigenvalue weighted by Gasteiger charge is -2.20. The highest BCUT2D eigenvalue weighted by Crippen LogP contribution is 2.26. The summed E-state index contributed by atoms with van der Waals surface area (Å²) >= 11 is 0. The van der Waals surface area contributed by atoms with Crippen molar-refractivity contribution >= 4 is 5.82 Å². The van der Waals surface area contributed by atoms with Crippen molar-refractivity contribution < 1.29 is 4.39 Å². The van der Waals surface area contributed by atoms with E-state index in [0.717, 1.165) is 29.2 Å². The first kappa shape index (κ1) is 17.9. The summed E-state index contributed by atoms with van der Waals surface area (Å²) in [7, 11) is 2.01. The van der Waals surface area contributed by atoms with Gasteiger partial charge in [-0.2, -0.15) is 0 Å². The van der Waals surface area contributed by atoms with E-state index in [1.807, 2.05) is 61.6 Å². The molecule has 1 heterocycles. The number of hydrogen-bond donors (Lipinski definition) is 0. The van der Waals surface area contributed by atoms with Gasteiger partial charge in [0.15, 0.2) is 5.82 Å². The van der Waals surface area contributed by atoms with Crippen LogP contribution in [-0.2, 0) is 6.54 Å². The van der Waals surface area contributed by atoms with Gasteiger partial charge in [0.2, 0.25) is 0 Å². The Hall–Kier alpha value is -3.53. The van der Waals surface area contributed by atoms with Crippen LogP contribution in [0.2, 0.25) is 0 Å². The van der Waals surface area contributed by atoms with E-state index < -0.39 is 0 Å². The molecule has 0 saturated carbocycles. The molecule has 1 aromatic heterocycles. The molecule has 3 aromatic carbocycles. The molecule has 0 aliphatic carbocycles. The summed E-state index contributed by atoms with van der Waals surface area (Å²) in [5.41, 5.74) is 3.77. The van der Waals surface area contributed by atoms with Crippen LogP contribution >= 0.6 is 0 Å². The number of nitrogens with zero attached hydrogens (tertiary/aromatic N) is 3. The zero-order chi connectivity index (χ0) is 19.3. The van der Waals surface area contributed by atoms with Crippen molar-refractivity contribution in [3.05, 3.63) is 102 Å². The van der Waals surface area contributed by atoms with Gasteiger partial charge in [-0.3, -0.25) is 0 Å². The number of halogens is 1. The second-order valence-corrected chi connectivity index (χ2v) is 6.65. The standard InChI is InChI=1S/C24H20FN3/c1-28(17-18-8-4-2-5-9-18)23-16-22(19-12-14-21(25)15-13-19)26-24(27-23)20-10-6-3-7-11-20/h2-16H,17H2,1H3. The van der Waals surface area contributed by atoms with Gasteiger partial charge in [0.05, 0.1) is 5.69 Å². The maximum atomic E-state index is 13.4. The summed E-state index contributed by atoms with van der Waals surface area (Å²) in [6.45, 7) is 0.731. The summed E-state index contributed by atoms with van der Waals surface area (Å²) in [5, 5.41) is 0. The zero-order valence-corrected chi connectivity index (χ0v) is 15.6. The van der Waals surface area contributed by atoms with Gasteiger partial charge >= 0.3 is 0 Å². The topological polar surface area (TPSA) is 29.0 Å². The predicted molar refractivity (Wildman–Crippen MR) is 111 cm³/mol. The first-order chi connectivity index (χ1) is 13.7. The van der Waals surface area contributed by atoms with Crippen LogP contribution in [0.25, 0.3) is 22.6 Å². The summed E-state index contributed by atoms with van der Waals surface area (Å²) in [5.74, 6) is 1.21. The third kappa shape index (κ3) is 4.07. The van der Waals surface area contributed by atoms with Crippen LogP contribution in [0.15, 0.2) is 91.0 Å². The monoisotopic (exact) mass is 369 g/mol.